The van der Waals surface area contributed by atoms with Gasteiger partial charge in [0.25, 0.3) is 0 Å². The topological polar surface area (TPSA) is 87.7 Å². The summed E-state index contributed by atoms with van der Waals surface area (Å²) in [6.07, 6.45) is 0.685. The zero-order valence-corrected chi connectivity index (χ0v) is 19.2. The SMILES string of the molecule is CCOCCCNC(=O)[C@@H](c1ccc(C)cc1)N(Cc1cccs1)C(=O)CNC(C)=O. The molecule has 2 N–H and O–H groups in total. The number of amides is 3. The highest BCUT2D eigenvalue weighted by Gasteiger charge is 2.31. The molecule has 0 saturated heterocycles. The molecule has 0 aliphatic rings. The number of ether oxygens (including phenoxy) is 1. The van der Waals surface area contributed by atoms with Crippen LogP contribution in [-0.4, -0.2) is 48.9 Å². The number of hydrogen-bond donors (Lipinski definition) is 2. The third kappa shape index (κ3) is 8.15. The Hall–Kier alpha value is -2.71. The van der Waals surface area contributed by atoms with Crippen molar-refractivity contribution >= 4 is 29.1 Å². The highest BCUT2D eigenvalue weighted by molar-refractivity contribution is 7.09. The van der Waals surface area contributed by atoms with Crippen LogP contribution in [0.1, 0.15) is 42.3 Å². The molecule has 1 heterocycles. The number of rotatable bonds is 12. The maximum atomic E-state index is 13.2. The van der Waals surface area contributed by atoms with Crippen molar-refractivity contribution in [3.05, 3.63) is 57.8 Å². The van der Waals surface area contributed by atoms with Crippen molar-refractivity contribution in [1.29, 1.82) is 0 Å². The molecule has 0 saturated carbocycles. The molecule has 168 valence electrons. The summed E-state index contributed by atoms with van der Waals surface area (Å²) in [7, 11) is 0. The molecule has 0 bridgehead atoms. The molecule has 0 radical (unpaired) electrons. The monoisotopic (exact) mass is 445 g/mol. The van der Waals surface area contributed by atoms with E-state index in [0.717, 1.165) is 16.0 Å². The smallest absolute Gasteiger partial charge is 0.247 e. The Morgan fingerprint density at radius 1 is 1.13 bits per heavy atom. The van der Waals surface area contributed by atoms with Crippen LogP contribution >= 0.6 is 11.3 Å². The lowest BCUT2D eigenvalue weighted by molar-refractivity contribution is -0.141. The maximum absolute atomic E-state index is 13.2. The Bertz CT molecular complexity index is 837. The zero-order chi connectivity index (χ0) is 22.6. The van der Waals surface area contributed by atoms with Crippen molar-refractivity contribution in [3.63, 3.8) is 0 Å². The number of nitrogens with one attached hydrogen (secondary N) is 2. The minimum atomic E-state index is -0.809. The second-order valence-corrected chi connectivity index (χ2v) is 8.20. The lowest BCUT2D eigenvalue weighted by Crippen LogP contribution is -2.46. The summed E-state index contributed by atoms with van der Waals surface area (Å²) in [5, 5.41) is 7.42. The van der Waals surface area contributed by atoms with Gasteiger partial charge in [0.1, 0.15) is 6.04 Å². The number of aryl methyl sites for hydroxylation is 1. The zero-order valence-electron chi connectivity index (χ0n) is 18.3. The van der Waals surface area contributed by atoms with Crippen LogP contribution in [0.2, 0.25) is 0 Å². The number of hydrogen-bond acceptors (Lipinski definition) is 5. The lowest BCUT2D eigenvalue weighted by Gasteiger charge is -2.31. The van der Waals surface area contributed by atoms with Crippen LogP contribution in [0.5, 0.6) is 0 Å². The predicted octanol–water partition coefficient (Wildman–Crippen LogP) is 2.81. The minimum Gasteiger partial charge on any atom is -0.382 e. The fraction of sp³-hybridized carbons (Fsp3) is 0.435. The molecular formula is C23H31N3O4S. The maximum Gasteiger partial charge on any atom is 0.247 e. The molecule has 2 rings (SSSR count). The Kier molecular flexibility index (Phi) is 10.2. The van der Waals surface area contributed by atoms with Gasteiger partial charge in [-0.05, 0) is 37.3 Å². The summed E-state index contributed by atoms with van der Waals surface area (Å²) < 4.78 is 5.33. The van der Waals surface area contributed by atoms with Gasteiger partial charge in [-0.1, -0.05) is 35.9 Å². The summed E-state index contributed by atoms with van der Waals surface area (Å²) in [5.41, 5.74) is 1.79. The second-order valence-electron chi connectivity index (χ2n) is 7.17. The van der Waals surface area contributed by atoms with Gasteiger partial charge in [-0.3, -0.25) is 14.4 Å². The lowest BCUT2D eigenvalue weighted by atomic mass is 10.0. The van der Waals surface area contributed by atoms with Crippen LogP contribution < -0.4 is 10.6 Å². The van der Waals surface area contributed by atoms with Gasteiger partial charge >= 0.3 is 0 Å². The van der Waals surface area contributed by atoms with Gasteiger partial charge in [-0.25, -0.2) is 0 Å². The van der Waals surface area contributed by atoms with Crippen molar-refractivity contribution in [2.45, 2.75) is 39.8 Å². The molecule has 7 nitrogen and oxygen atoms in total. The Labute approximate surface area is 187 Å². The normalized spacial score (nSPS) is 11.6. The molecule has 2 aromatic rings. The third-order valence-corrected chi connectivity index (χ3v) is 5.50. The molecule has 0 unspecified atom stereocenters. The van der Waals surface area contributed by atoms with E-state index in [0.29, 0.717) is 26.2 Å². The van der Waals surface area contributed by atoms with E-state index in [-0.39, 0.29) is 30.8 Å². The van der Waals surface area contributed by atoms with Gasteiger partial charge in [0.15, 0.2) is 0 Å². The van der Waals surface area contributed by atoms with Gasteiger partial charge in [-0.2, -0.15) is 0 Å². The standard InChI is InChI=1S/C23H31N3O4S/c1-4-30-13-6-12-24-23(29)22(19-10-8-17(2)9-11-19)26(16-20-7-5-14-31-20)21(28)15-25-18(3)27/h5,7-11,14,22H,4,6,12-13,15-16H2,1-3H3,(H,24,29)(H,25,27)/t22-/m1/s1. The molecule has 1 aromatic carbocycles. The van der Waals surface area contributed by atoms with Gasteiger partial charge in [0.2, 0.25) is 17.7 Å². The van der Waals surface area contributed by atoms with Crippen molar-refractivity contribution < 1.29 is 19.1 Å². The Morgan fingerprint density at radius 2 is 1.87 bits per heavy atom. The molecule has 1 atom stereocenters. The largest absolute Gasteiger partial charge is 0.382 e. The number of nitrogens with zero attached hydrogens (tertiary/aromatic N) is 1. The minimum absolute atomic E-state index is 0.166. The van der Waals surface area contributed by atoms with E-state index < -0.39 is 6.04 Å². The van der Waals surface area contributed by atoms with Gasteiger partial charge in [-0.15, -0.1) is 11.3 Å². The van der Waals surface area contributed by atoms with E-state index in [9.17, 15) is 14.4 Å². The first-order valence-corrected chi connectivity index (χ1v) is 11.3. The first kappa shape index (κ1) is 24.6. The number of carbonyl (C=O) groups excluding carboxylic acids is 3. The molecule has 1 aromatic heterocycles. The molecule has 0 aliphatic heterocycles. The van der Waals surface area contributed by atoms with Crippen molar-refractivity contribution in [2.75, 3.05) is 26.3 Å². The summed E-state index contributed by atoms with van der Waals surface area (Å²) in [4.78, 5) is 40.2. The molecule has 0 spiro atoms. The number of thiophene rings is 1. The Morgan fingerprint density at radius 3 is 2.48 bits per heavy atom. The van der Waals surface area contributed by atoms with Crippen molar-refractivity contribution in [3.8, 4) is 0 Å². The second kappa shape index (κ2) is 12.9. The van der Waals surface area contributed by atoms with Gasteiger partial charge in [0.05, 0.1) is 13.1 Å². The first-order valence-electron chi connectivity index (χ1n) is 10.4. The van der Waals surface area contributed by atoms with E-state index >= 15 is 0 Å². The van der Waals surface area contributed by atoms with E-state index in [1.807, 2.05) is 55.6 Å². The van der Waals surface area contributed by atoms with Crippen LogP contribution in [0.25, 0.3) is 0 Å². The van der Waals surface area contributed by atoms with Crippen molar-refractivity contribution in [1.82, 2.24) is 15.5 Å². The van der Waals surface area contributed by atoms with Crippen LogP contribution in [0.3, 0.4) is 0 Å². The van der Waals surface area contributed by atoms with Crippen LogP contribution in [0.15, 0.2) is 41.8 Å². The average molecular weight is 446 g/mol. The van der Waals surface area contributed by atoms with E-state index in [2.05, 4.69) is 10.6 Å². The third-order valence-electron chi connectivity index (χ3n) is 4.64. The average Bonchev–Trinajstić information content (AvgIpc) is 3.26. The number of carbonyl (C=O) groups is 3. The highest BCUT2D eigenvalue weighted by Crippen LogP contribution is 2.25. The fourth-order valence-corrected chi connectivity index (χ4v) is 3.75. The molecule has 8 heteroatoms. The molecular weight excluding hydrogens is 414 g/mol. The van der Waals surface area contributed by atoms with E-state index in [4.69, 9.17) is 4.74 Å². The summed E-state index contributed by atoms with van der Waals surface area (Å²) in [6, 6.07) is 10.6. The summed E-state index contributed by atoms with van der Waals surface area (Å²) >= 11 is 1.52. The van der Waals surface area contributed by atoms with Gasteiger partial charge in [0, 0.05) is 31.6 Å². The first-order chi connectivity index (χ1) is 14.9. The summed E-state index contributed by atoms with van der Waals surface area (Å²) in [6.45, 7) is 7.01. The fourth-order valence-electron chi connectivity index (χ4n) is 3.04. The van der Waals surface area contributed by atoms with Crippen LogP contribution in [0, 0.1) is 6.92 Å². The molecule has 0 aliphatic carbocycles. The van der Waals surface area contributed by atoms with Crippen LogP contribution in [-0.2, 0) is 25.7 Å². The molecule has 31 heavy (non-hydrogen) atoms. The van der Waals surface area contributed by atoms with E-state index in [1.165, 1.54) is 23.2 Å². The highest BCUT2D eigenvalue weighted by atomic mass is 32.1. The Balaban J connectivity index is 2.29. The van der Waals surface area contributed by atoms with Crippen molar-refractivity contribution in [2.24, 2.45) is 0 Å². The summed E-state index contributed by atoms with van der Waals surface area (Å²) in [5.74, 6) is -0.872. The van der Waals surface area contributed by atoms with Crippen LogP contribution in [0.4, 0.5) is 0 Å². The van der Waals surface area contributed by atoms with E-state index in [1.54, 1.807) is 0 Å². The van der Waals surface area contributed by atoms with Gasteiger partial charge < -0.3 is 20.3 Å². The predicted molar refractivity (Wildman–Crippen MR) is 122 cm³/mol. The molecule has 3 amide bonds. The number of benzene rings is 1. The molecule has 0 fully saturated rings. The quantitative estimate of drug-likeness (QED) is 0.492.